The maximum atomic E-state index is 7.45. The van der Waals surface area contributed by atoms with E-state index in [1.165, 1.54) is 32.4 Å². The quantitative estimate of drug-likeness (QED) is 0.663. The zero-order chi connectivity index (χ0) is 14.8. The molecule has 0 radical (unpaired) electrons. The Labute approximate surface area is 131 Å². The SMILES string of the molecule is N=C(N)c1ccc(CN2CCC(N3CCCC3)C2)c(Cl)c1. The van der Waals surface area contributed by atoms with Crippen molar-refractivity contribution in [1.82, 2.24) is 9.80 Å². The number of nitrogens with one attached hydrogen (secondary N) is 1. The molecule has 1 atom stereocenters. The Morgan fingerprint density at radius 1 is 1.29 bits per heavy atom. The molecule has 0 bridgehead atoms. The number of halogens is 1. The van der Waals surface area contributed by atoms with Gasteiger partial charge in [-0.2, -0.15) is 0 Å². The highest BCUT2D eigenvalue weighted by molar-refractivity contribution is 6.31. The van der Waals surface area contributed by atoms with Crippen molar-refractivity contribution in [2.75, 3.05) is 26.2 Å². The summed E-state index contributed by atoms with van der Waals surface area (Å²) in [6.07, 6.45) is 3.98. The number of nitrogen functional groups attached to an aromatic ring is 1. The predicted molar refractivity (Wildman–Crippen MR) is 87.0 cm³/mol. The van der Waals surface area contributed by atoms with E-state index >= 15 is 0 Å². The maximum Gasteiger partial charge on any atom is 0.122 e. The fourth-order valence-corrected chi connectivity index (χ4v) is 3.68. The first kappa shape index (κ1) is 14.8. The van der Waals surface area contributed by atoms with Crippen LogP contribution >= 0.6 is 11.6 Å². The average Bonchev–Trinajstić information content (AvgIpc) is 3.11. The van der Waals surface area contributed by atoms with Gasteiger partial charge in [0.05, 0.1) is 0 Å². The van der Waals surface area contributed by atoms with Crippen molar-refractivity contribution in [3.63, 3.8) is 0 Å². The lowest BCUT2D eigenvalue weighted by Gasteiger charge is -2.24. The van der Waals surface area contributed by atoms with E-state index in [-0.39, 0.29) is 5.84 Å². The van der Waals surface area contributed by atoms with Gasteiger partial charge in [-0.15, -0.1) is 0 Å². The van der Waals surface area contributed by atoms with Crippen molar-refractivity contribution in [2.45, 2.75) is 31.8 Å². The van der Waals surface area contributed by atoms with Crippen LogP contribution in [-0.2, 0) is 6.54 Å². The van der Waals surface area contributed by atoms with Crippen LogP contribution in [0.25, 0.3) is 0 Å². The van der Waals surface area contributed by atoms with Gasteiger partial charge >= 0.3 is 0 Å². The Morgan fingerprint density at radius 2 is 2.05 bits per heavy atom. The molecule has 0 amide bonds. The van der Waals surface area contributed by atoms with Crippen LogP contribution in [0.2, 0.25) is 5.02 Å². The highest BCUT2D eigenvalue weighted by Crippen LogP contribution is 2.24. The van der Waals surface area contributed by atoms with Gasteiger partial charge < -0.3 is 5.73 Å². The molecular formula is C16H23ClN4. The molecular weight excluding hydrogens is 284 g/mol. The number of nitrogens with two attached hydrogens (primary N) is 1. The normalized spacial score (nSPS) is 23.8. The molecule has 0 aliphatic carbocycles. The van der Waals surface area contributed by atoms with Gasteiger partial charge in [-0.05, 0) is 44.0 Å². The third-order valence-corrected chi connectivity index (χ3v) is 5.01. The Kier molecular flexibility index (Phi) is 4.48. The summed E-state index contributed by atoms with van der Waals surface area (Å²) < 4.78 is 0. The lowest BCUT2D eigenvalue weighted by molar-refractivity contribution is 0.230. The van der Waals surface area contributed by atoms with Crippen LogP contribution in [0.1, 0.15) is 30.4 Å². The molecule has 3 rings (SSSR count). The molecule has 2 aliphatic rings. The molecule has 1 aromatic carbocycles. The largest absolute Gasteiger partial charge is 0.384 e. The number of hydrogen-bond acceptors (Lipinski definition) is 3. The summed E-state index contributed by atoms with van der Waals surface area (Å²) in [6.45, 7) is 5.72. The number of amidine groups is 1. The lowest BCUT2D eigenvalue weighted by atomic mass is 10.1. The molecule has 0 spiro atoms. The van der Waals surface area contributed by atoms with Gasteiger partial charge in [0, 0.05) is 36.3 Å². The van der Waals surface area contributed by atoms with E-state index in [2.05, 4.69) is 9.80 Å². The van der Waals surface area contributed by atoms with Gasteiger partial charge in [0.25, 0.3) is 0 Å². The Hall–Kier alpha value is -1.10. The Morgan fingerprint density at radius 3 is 2.71 bits per heavy atom. The Bertz CT molecular complexity index is 525. The highest BCUT2D eigenvalue weighted by Gasteiger charge is 2.29. The van der Waals surface area contributed by atoms with Gasteiger partial charge in [-0.1, -0.05) is 23.7 Å². The highest BCUT2D eigenvalue weighted by atomic mass is 35.5. The number of rotatable bonds is 4. The molecule has 2 fully saturated rings. The summed E-state index contributed by atoms with van der Waals surface area (Å²) in [7, 11) is 0. The fourth-order valence-electron chi connectivity index (χ4n) is 3.44. The second-order valence-electron chi connectivity index (χ2n) is 6.14. The van der Waals surface area contributed by atoms with E-state index < -0.39 is 0 Å². The van der Waals surface area contributed by atoms with E-state index in [1.807, 2.05) is 12.1 Å². The third-order valence-electron chi connectivity index (χ3n) is 4.66. The molecule has 1 unspecified atom stereocenters. The second kappa shape index (κ2) is 6.34. The topological polar surface area (TPSA) is 56.4 Å². The maximum absolute atomic E-state index is 7.45. The van der Waals surface area contributed by atoms with Crippen molar-refractivity contribution >= 4 is 17.4 Å². The smallest absolute Gasteiger partial charge is 0.122 e. The molecule has 114 valence electrons. The van der Waals surface area contributed by atoms with Crippen LogP contribution in [0, 0.1) is 5.41 Å². The monoisotopic (exact) mass is 306 g/mol. The van der Waals surface area contributed by atoms with Gasteiger partial charge in [0.1, 0.15) is 5.84 Å². The molecule has 2 saturated heterocycles. The van der Waals surface area contributed by atoms with Crippen molar-refractivity contribution in [3.05, 3.63) is 34.3 Å². The van der Waals surface area contributed by atoms with E-state index in [0.29, 0.717) is 10.6 Å². The molecule has 0 aromatic heterocycles. The fraction of sp³-hybridized carbons (Fsp3) is 0.562. The third kappa shape index (κ3) is 3.39. The minimum absolute atomic E-state index is 0.0683. The molecule has 1 aromatic rings. The number of likely N-dealkylation sites (tertiary alicyclic amines) is 2. The minimum Gasteiger partial charge on any atom is -0.384 e. The van der Waals surface area contributed by atoms with Crippen molar-refractivity contribution in [2.24, 2.45) is 5.73 Å². The van der Waals surface area contributed by atoms with E-state index in [4.69, 9.17) is 22.7 Å². The standard InChI is InChI=1S/C16H23ClN4/c17-15-9-12(16(18)19)3-4-13(15)10-20-8-5-14(11-20)21-6-1-2-7-21/h3-4,9,14H,1-2,5-8,10-11H2,(H3,18,19). The second-order valence-corrected chi connectivity index (χ2v) is 6.55. The summed E-state index contributed by atoms with van der Waals surface area (Å²) >= 11 is 6.33. The molecule has 0 saturated carbocycles. The number of hydrogen-bond donors (Lipinski definition) is 2. The molecule has 4 nitrogen and oxygen atoms in total. The summed E-state index contributed by atoms with van der Waals surface area (Å²) in [5.41, 5.74) is 7.32. The first-order chi connectivity index (χ1) is 10.1. The molecule has 2 heterocycles. The molecule has 3 N–H and O–H groups in total. The van der Waals surface area contributed by atoms with Gasteiger partial charge in [0.15, 0.2) is 0 Å². The molecule has 2 aliphatic heterocycles. The first-order valence-electron chi connectivity index (χ1n) is 7.73. The number of benzene rings is 1. The summed E-state index contributed by atoms with van der Waals surface area (Å²) in [5, 5.41) is 8.17. The minimum atomic E-state index is 0.0683. The Balaban J connectivity index is 1.61. The summed E-state index contributed by atoms with van der Waals surface area (Å²) in [4.78, 5) is 5.12. The van der Waals surface area contributed by atoms with Gasteiger partial charge in [0.2, 0.25) is 0 Å². The zero-order valence-electron chi connectivity index (χ0n) is 12.3. The van der Waals surface area contributed by atoms with Crippen molar-refractivity contribution in [1.29, 1.82) is 5.41 Å². The van der Waals surface area contributed by atoms with Gasteiger partial charge in [-0.3, -0.25) is 15.2 Å². The molecule has 21 heavy (non-hydrogen) atoms. The average molecular weight is 307 g/mol. The predicted octanol–water partition coefficient (Wildman–Crippen LogP) is 2.29. The summed E-state index contributed by atoms with van der Waals surface area (Å²) in [5.74, 6) is 0.0683. The zero-order valence-corrected chi connectivity index (χ0v) is 13.1. The lowest BCUT2D eigenvalue weighted by Crippen LogP contribution is -2.35. The first-order valence-corrected chi connectivity index (χ1v) is 8.10. The summed E-state index contributed by atoms with van der Waals surface area (Å²) in [6, 6.07) is 6.41. The van der Waals surface area contributed by atoms with Crippen LogP contribution in [0.5, 0.6) is 0 Å². The van der Waals surface area contributed by atoms with E-state index in [1.54, 1.807) is 6.07 Å². The van der Waals surface area contributed by atoms with Crippen LogP contribution in [-0.4, -0.2) is 47.9 Å². The molecule has 5 heteroatoms. The van der Waals surface area contributed by atoms with Crippen LogP contribution in [0.4, 0.5) is 0 Å². The van der Waals surface area contributed by atoms with E-state index in [0.717, 1.165) is 31.2 Å². The van der Waals surface area contributed by atoms with Crippen LogP contribution in [0.3, 0.4) is 0 Å². The number of nitrogens with zero attached hydrogens (tertiary/aromatic N) is 2. The van der Waals surface area contributed by atoms with Crippen LogP contribution in [0.15, 0.2) is 18.2 Å². The van der Waals surface area contributed by atoms with Crippen molar-refractivity contribution in [3.8, 4) is 0 Å². The van der Waals surface area contributed by atoms with Gasteiger partial charge in [-0.25, -0.2) is 0 Å². The van der Waals surface area contributed by atoms with Crippen molar-refractivity contribution < 1.29 is 0 Å². The van der Waals surface area contributed by atoms with E-state index in [9.17, 15) is 0 Å². The van der Waals surface area contributed by atoms with Crippen LogP contribution < -0.4 is 5.73 Å².